The van der Waals surface area contributed by atoms with Crippen LogP contribution in [0.15, 0.2) is 0 Å². The summed E-state index contributed by atoms with van der Waals surface area (Å²) in [5.41, 5.74) is 4.31. The van der Waals surface area contributed by atoms with Crippen LogP contribution in [0.1, 0.15) is 27.2 Å². The number of aliphatic hydroxyl groups is 1. The maximum absolute atomic E-state index is 12.1. The van der Waals surface area contributed by atoms with E-state index in [0.717, 1.165) is 0 Å². The molecule has 104 valence electrons. The van der Waals surface area contributed by atoms with E-state index in [4.69, 9.17) is 5.73 Å². The Bertz CT molecular complexity index is 311. The van der Waals surface area contributed by atoms with Crippen LogP contribution < -0.4 is 5.73 Å². The molecule has 6 nitrogen and oxygen atoms in total. The Kier molecular flexibility index (Phi) is 6.57. The molecule has 0 radical (unpaired) electrons. The van der Waals surface area contributed by atoms with Crippen LogP contribution in [-0.4, -0.2) is 61.0 Å². The van der Waals surface area contributed by atoms with Crippen LogP contribution in [0.3, 0.4) is 0 Å². The van der Waals surface area contributed by atoms with Gasteiger partial charge in [-0.1, -0.05) is 6.92 Å². The quantitative estimate of drug-likeness (QED) is 0.627. The summed E-state index contributed by atoms with van der Waals surface area (Å²) in [7, 11) is -1.98. The number of nitrogens with two attached hydrogens (primary N) is 1. The molecule has 0 amide bonds. The molecule has 0 fully saturated rings. The fourth-order valence-corrected chi connectivity index (χ4v) is 2.97. The summed E-state index contributed by atoms with van der Waals surface area (Å²) in [6, 6.07) is 0. The topological polar surface area (TPSA) is 86.9 Å². The van der Waals surface area contributed by atoms with E-state index < -0.39 is 15.8 Å². The summed E-state index contributed by atoms with van der Waals surface area (Å²) >= 11 is 0. The third kappa shape index (κ3) is 5.78. The molecule has 0 spiro atoms. The summed E-state index contributed by atoms with van der Waals surface area (Å²) in [6.45, 7) is 6.19. The van der Waals surface area contributed by atoms with Gasteiger partial charge in [0.05, 0.1) is 5.60 Å². The maximum Gasteiger partial charge on any atom is 0.281 e. The minimum atomic E-state index is -3.51. The zero-order chi connectivity index (χ0) is 13.7. The van der Waals surface area contributed by atoms with Gasteiger partial charge in [0.15, 0.2) is 0 Å². The van der Waals surface area contributed by atoms with Gasteiger partial charge >= 0.3 is 0 Å². The van der Waals surface area contributed by atoms with Gasteiger partial charge in [-0.3, -0.25) is 0 Å². The van der Waals surface area contributed by atoms with Crippen molar-refractivity contribution in [3.8, 4) is 0 Å². The highest BCUT2D eigenvalue weighted by Crippen LogP contribution is 2.12. The molecule has 0 unspecified atom stereocenters. The van der Waals surface area contributed by atoms with E-state index in [1.54, 1.807) is 20.8 Å². The van der Waals surface area contributed by atoms with E-state index in [1.165, 1.54) is 15.7 Å². The monoisotopic (exact) mass is 267 g/mol. The normalized spacial score (nSPS) is 13.6. The maximum atomic E-state index is 12.1. The van der Waals surface area contributed by atoms with Gasteiger partial charge in [0.25, 0.3) is 10.2 Å². The van der Waals surface area contributed by atoms with Gasteiger partial charge in [0.2, 0.25) is 0 Å². The Morgan fingerprint density at radius 1 is 1.35 bits per heavy atom. The molecule has 17 heavy (non-hydrogen) atoms. The van der Waals surface area contributed by atoms with Gasteiger partial charge in [-0.15, -0.1) is 0 Å². The van der Waals surface area contributed by atoms with Crippen LogP contribution in [-0.2, 0) is 10.2 Å². The van der Waals surface area contributed by atoms with Gasteiger partial charge in [-0.05, 0) is 26.8 Å². The van der Waals surface area contributed by atoms with Crippen molar-refractivity contribution in [1.29, 1.82) is 0 Å². The minimum Gasteiger partial charge on any atom is -0.389 e. The zero-order valence-corrected chi connectivity index (χ0v) is 12.0. The first-order chi connectivity index (χ1) is 7.65. The Hall–Kier alpha value is -0.210. The minimum absolute atomic E-state index is 0.0821. The van der Waals surface area contributed by atoms with E-state index in [1.807, 2.05) is 0 Å². The second-order valence-electron chi connectivity index (χ2n) is 4.71. The number of likely N-dealkylation sites (N-methyl/N-ethyl adjacent to an activating group) is 1. The first-order valence-corrected chi connectivity index (χ1v) is 7.18. The standard InChI is InChI=1S/C10H25N3O3S/c1-5-13(9-10(2,3)14)17(15,16)12(4)8-6-7-11/h14H,5-9,11H2,1-4H3. The SMILES string of the molecule is CCN(CC(C)(C)O)S(=O)(=O)N(C)CCCN. The van der Waals surface area contributed by atoms with Crippen molar-refractivity contribution in [2.75, 3.05) is 33.2 Å². The van der Waals surface area contributed by atoms with E-state index in [-0.39, 0.29) is 6.54 Å². The van der Waals surface area contributed by atoms with Crippen molar-refractivity contribution in [2.45, 2.75) is 32.8 Å². The van der Waals surface area contributed by atoms with Crippen LogP contribution in [0.2, 0.25) is 0 Å². The molecule has 7 heteroatoms. The predicted molar refractivity (Wildman–Crippen MR) is 68.8 cm³/mol. The highest BCUT2D eigenvalue weighted by Gasteiger charge is 2.29. The molecular weight excluding hydrogens is 242 g/mol. The summed E-state index contributed by atoms with van der Waals surface area (Å²) in [5, 5.41) is 9.70. The molecule has 0 heterocycles. The van der Waals surface area contributed by atoms with Crippen molar-refractivity contribution >= 4 is 10.2 Å². The number of hydrogen-bond donors (Lipinski definition) is 2. The molecule has 0 saturated carbocycles. The lowest BCUT2D eigenvalue weighted by molar-refractivity contribution is 0.0587. The summed E-state index contributed by atoms with van der Waals surface area (Å²) in [4.78, 5) is 0. The van der Waals surface area contributed by atoms with Crippen molar-refractivity contribution in [1.82, 2.24) is 8.61 Å². The van der Waals surface area contributed by atoms with Gasteiger partial charge in [0.1, 0.15) is 0 Å². The van der Waals surface area contributed by atoms with Crippen molar-refractivity contribution in [3.05, 3.63) is 0 Å². The van der Waals surface area contributed by atoms with Crippen LogP contribution in [0.4, 0.5) is 0 Å². The van der Waals surface area contributed by atoms with Gasteiger partial charge in [0, 0.05) is 26.7 Å². The molecular formula is C10H25N3O3S. The van der Waals surface area contributed by atoms with Crippen molar-refractivity contribution in [2.24, 2.45) is 5.73 Å². The van der Waals surface area contributed by atoms with Gasteiger partial charge in [-0.25, -0.2) is 0 Å². The third-order valence-corrected chi connectivity index (χ3v) is 4.32. The lowest BCUT2D eigenvalue weighted by Crippen LogP contribution is -2.48. The van der Waals surface area contributed by atoms with Crippen LogP contribution in [0.5, 0.6) is 0 Å². The molecule has 3 N–H and O–H groups in total. The first kappa shape index (κ1) is 16.8. The largest absolute Gasteiger partial charge is 0.389 e. The van der Waals surface area contributed by atoms with E-state index in [9.17, 15) is 13.5 Å². The fourth-order valence-electron chi connectivity index (χ4n) is 1.41. The Labute approximate surface area is 105 Å². The van der Waals surface area contributed by atoms with Crippen molar-refractivity contribution in [3.63, 3.8) is 0 Å². The van der Waals surface area contributed by atoms with E-state index in [2.05, 4.69) is 0 Å². The lowest BCUT2D eigenvalue weighted by Gasteiger charge is -2.30. The van der Waals surface area contributed by atoms with E-state index in [0.29, 0.717) is 26.1 Å². The molecule has 0 bridgehead atoms. The summed E-state index contributed by atoms with van der Waals surface area (Å²) in [5.74, 6) is 0. The van der Waals surface area contributed by atoms with Crippen LogP contribution in [0, 0.1) is 0 Å². The average Bonchev–Trinajstić information content (AvgIpc) is 2.20. The molecule has 0 aromatic rings. The summed E-state index contributed by atoms with van der Waals surface area (Å²) < 4.78 is 26.8. The Morgan fingerprint density at radius 3 is 2.24 bits per heavy atom. The number of nitrogens with zero attached hydrogens (tertiary/aromatic N) is 2. The molecule has 0 aliphatic carbocycles. The van der Waals surface area contributed by atoms with Gasteiger partial charge in [-0.2, -0.15) is 17.0 Å². The van der Waals surface area contributed by atoms with E-state index >= 15 is 0 Å². The zero-order valence-electron chi connectivity index (χ0n) is 11.2. The second-order valence-corrected chi connectivity index (χ2v) is 6.75. The molecule has 0 saturated heterocycles. The lowest BCUT2D eigenvalue weighted by atomic mass is 10.1. The predicted octanol–water partition coefficient (Wildman–Crippen LogP) is -0.395. The van der Waals surface area contributed by atoms with Crippen LogP contribution >= 0.6 is 0 Å². The third-order valence-electron chi connectivity index (χ3n) is 2.31. The highest BCUT2D eigenvalue weighted by atomic mass is 32.2. The fraction of sp³-hybridized carbons (Fsp3) is 1.00. The Morgan fingerprint density at radius 2 is 1.88 bits per heavy atom. The summed E-state index contributed by atoms with van der Waals surface area (Å²) in [6.07, 6.45) is 0.621. The smallest absolute Gasteiger partial charge is 0.281 e. The average molecular weight is 267 g/mol. The van der Waals surface area contributed by atoms with Crippen LogP contribution in [0.25, 0.3) is 0 Å². The number of hydrogen-bond acceptors (Lipinski definition) is 4. The molecule has 0 aromatic heterocycles. The molecule has 0 aliphatic rings. The molecule has 0 atom stereocenters. The Balaban J connectivity index is 4.75. The first-order valence-electron chi connectivity index (χ1n) is 5.79. The highest BCUT2D eigenvalue weighted by molar-refractivity contribution is 7.86. The second kappa shape index (κ2) is 6.65. The molecule has 0 rings (SSSR count). The molecule has 0 aliphatic heterocycles. The number of rotatable bonds is 8. The van der Waals surface area contributed by atoms with Gasteiger partial charge < -0.3 is 10.8 Å². The molecule has 0 aromatic carbocycles. The van der Waals surface area contributed by atoms with Crippen molar-refractivity contribution < 1.29 is 13.5 Å².